The first-order chi connectivity index (χ1) is 9.20. The summed E-state index contributed by atoms with van der Waals surface area (Å²) in [5.74, 6) is 1.55. The Bertz CT molecular complexity index is 436. The van der Waals surface area contributed by atoms with Gasteiger partial charge in [0.2, 0.25) is 0 Å². The predicted molar refractivity (Wildman–Crippen MR) is 82.8 cm³/mol. The normalized spacial score (nSPS) is 17.9. The summed E-state index contributed by atoms with van der Waals surface area (Å²) < 4.78 is 5.71. The molecule has 0 amide bonds. The number of nitrogens with zero attached hydrogens (tertiary/aromatic N) is 1. The van der Waals surface area contributed by atoms with Crippen molar-refractivity contribution in [1.82, 2.24) is 4.90 Å². The Hall–Kier alpha value is -1.13. The number of ether oxygens (including phenoxy) is 1. The predicted octanol–water partition coefficient (Wildman–Crippen LogP) is 2.55. The van der Waals surface area contributed by atoms with Crippen LogP contribution < -0.4 is 10.5 Å². The van der Waals surface area contributed by atoms with E-state index in [1.54, 1.807) is 0 Å². The Kier molecular flexibility index (Phi) is 5.16. The van der Waals surface area contributed by atoms with Crippen molar-refractivity contribution in [2.45, 2.75) is 25.7 Å². The minimum Gasteiger partial charge on any atom is -0.493 e. The van der Waals surface area contributed by atoms with Crippen LogP contribution in [0.1, 0.15) is 31.2 Å². The molecule has 1 aliphatic heterocycles. The molecule has 0 spiro atoms. The van der Waals surface area contributed by atoms with Crippen LogP contribution in [0.15, 0.2) is 24.3 Å². The van der Waals surface area contributed by atoms with E-state index in [0.29, 0.717) is 17.5 Å². The Labute approximate surface area is 120 Å². The summed E-state index contributed by atoms with van der Waals surface area (Å²) in [5.41, 5.74) is 7.01. The molecule has 1 heterocycles. The Morgan fingerprint density at radius 1 is 1.47 bits per heavy atom. The molecule has 0 aromatic heterocycles. The molecule has 1 atom stereocenters. The summed E-state index contributed by atoms with van der Waals surface area (Å²) in [6, 6.07) is 8.33. The first-order valence-corrected chi connectivity index (χ1v) is 7.34. The van der Waals surface area contributed by atoms with Crippen molar-refractivity contribution >= 4 is 17.2 Å². The van der Waals surface area contributed by atoms with Crippen molar-refractivity contribution in [2.24, 2.45) is 5.73 Å². The summed E-state index contributed by atoms with van der Waals surface area (Å²) >= 11 is 5.04. The van der Waals surface area contributed by atoms with Crippen molar-refractivity contribution in [3.8, 4) is 5.75 Å². The number of hydrogen-bond acceptors (Lipinski definition) is 3. The number of nitrogens with two attached hydrogens (primary N) is 1. The number of hydrogen-bond donors (Lipinski definition) is 1. The van der Waals surface area contributed by atoms with Gasteiger partial charge in [-0.25, -0.2) is 0 Å². The molecule has 1 aromatic rings. The van der Waals surface area contributed by atoms with Crippen LogP contribution in [0, 0.1) is 0 Å². The highest BCUT2D eigenvalue weighted by molar-refractivity contribution is 7.80. The molecule has 19 heavy (non-hydrogen) atoms. The van der Waals surface area contributed by atoms with Gasteiger partial charge in [-0.1, -0.05) is 37.3 Å². The van der Waals surface area contributed by atoms with Crippen LogP contribution in [0.4, 0.5) is 0 Å². The Morgan fingerprint density at radius 3 is 3.00 bits per heavy atom. The second kappa shape index (κ2) is 6.87. The lowest BCUT2D eigenvalue weighted by Gasteiger charge is -2.31. The molecule has 1 aromatic carbocycles. The van der Waals surface area contributed by atoms with Crippen LogP contribution in [0.25, 0.3) is 0 Å². The Balaban J connectivity index is 2.07. The second-order valence-corrected chi connectivity index (χ2v) is 5.60. The third kappa shape index (κ3) is 3.91. The van der Waals surface area contributed by atoms with Crippen molar-refractivity contribution in [2.75, 3.05) is 26.2 Å². The highest BCUT2D eigenvalue weighted by Crippen LogP contribution is 2.33. The zero-order valence-corrected chi connectivity index (χ0v) is 12.3. The van der Waals surface area contributed by atoms with Crippen LogP contribution in [-0.4, -0.2) is 36.1 Å². The molecule has 0 bridgehead atoms. The van der Waals surface area contributed by atoms with Crippen LogP contribution in [0.2, 0.25) is 0 Å². The van der Waals surface area contributed by atoms with E-state index in [1.807, 2.05) is 6.07 Å². The lowest BCUT2D eigenvalue weighted by molar-refractivity contribution is 0.225. The molecule has 104 valence electrons. The van der Waals surface area contributed by atoms with Gasteiger partial charge in [-0.15, -0.1) is 0 Å². The molecule has 3 nitrogen and oxygen atoms in total. The van der Waals surface area contributed by atoms with Gasteiger partial charge in [0.15, 0.2) is 0 Å². The lowest BCUT2D eigenvalue weighted by atomic mass is 9.92. The SMILES string of the molecule is CCCN(CC(N)=S)CC1CCOc2ccccc21. The third-order valence-corrected chi connectivity index (χ3v) is 3.61. The molecule has 0 saturated heterocycles. The molecule has 0 aliphatic carbocycles. The van der Waals surface area contributed by atoms with Gasteiger partial charge in [0.25, 0.3) is 0 Å². The van der Waals surface area contributed by atoms with Gasteiger partial charge in [0, 0.05) is 19.0 Å². The number of rotatable bonds is 6. The van der Waals surface area contributed by atoms with Gasteiger partial charge in [-0.2, -0.15) is 0 Å². The smallest absolute Gasteiger partial charge is 0.122 e. The van der Waals surface area contributed by atoms with Crippen LogP contribution in [-0.2, 0) is 0 Å². The highest BCUT2D eigenvalue weighted by atomic mass is 32.1. The van der Waals surface area contributed by atoms with Crippen molar-refractivity contribution < 1.29 is 4.74 Å². The molecule has 1 unspecified atom stereocenters. The van der Waals surface area contributed by atoms with Crippen molar-refractivity contribution in [1.29, 1.82) is 0 Å². The molecule has 1 aliphatic rings. The molecular formula is C15H22N2OS. The van der Waals surface area contributed by atoms with E-state index in [1.165, 1.54) is 5.56 Å². The van der Waals surface area contributed by atoms with E-state index in [4.69, 9.17) is 22.7 Å². The van der Waals surface area contributed by atoms with Crippen LogP contribution in [0.5, 0.6) is 5.75 Å². The van der Waals surface area contributed by atoms with Gasteiger partial charge in [0.1, 0.15) is 5.75 Å². The van der Waals surface area contributed by atoms with E-state index < -0.39 is 0 Å². The van der Waals surface area contributed by atoms with Gasteiger partial charge in [-0.05, 0) is 31.0 Å². The number of benzene rings is 1. The van der Waals surface area contributed by atoms with Gasteiger partial charge in [0.05, 0.1) is 11.6 Å². The highest BCUT2D eigenvalue weighted by Gasteiger charge is 2.23. The van der Waals surface area contributed by atoms with E-state index in [9.17, 15) is 0 Å². The summed E-state index contributed by atoms with van der Waals surface area (Å²) in [6.45, 7) is 5.74. The average molecular weight is 278 g/mol. The minimum absolute atomic E-state index is 0.519. The number of para-hydroxylation sites is 1. The van der Waals surface area contributed by atoms with Crippen LogP contribution >= 0.6 is 12.2 Å². The molecule has 0 saturated carbocycles. The largest absolute Gasteiger partial charge is 0.493 e. The summed E-state index contributed by atoms with van der Waals surface area (Å²) in [6.07, 6.45) is 2.18. The monoisotopic (exact) mass is 278 g/mol. The fraction of sp³-hybridized carbons (Fsp3) is 0.533. The maximum absolute atomic E-state index is 5.71. The molecule has 4 heteroatoms. The molecule has 2 N–H and O–H groups in total. The van der Waals surface area contributed by atoms with Crippen molar-refractivity contribution in [3.05, 3.63) is 29.8 Å². The summed E-state index contributed by atoms with van der Waals surface area (Å²) in [4.78, 5) is 2.93. The van der Waals surface area contributed by atoms with Crippen molar-refractivity contribution in [3.63, 3.8) is 0 Å². The topological polar surface area (TPSA) is 38.5 Å². The third-order valence-electron chi connectivity index (χ3n) is 3.48. The van der Waals surface area contributed by atoms with E-state index >= 15 is 0 Å². The standard InChI is InChI=1S/C15H22N2OS/c1-2-8-17(11-15(16)19)10-12-7-9-18-14-6-4-3-5-13(12)14/h3-6,12H,2,7-11H2,1H3,(H2,16,19). The Morgan fingerprint density at radius 2 is 2.26 bits per heavy atom. The van der Waals surface area contributed by atoms with Gasteiger partial charge < -0.3 is 10.5 Å². The van der Waals surface area contributed by atoms with E-state index in [0.717, 1.165) is 38.3 Å². The van der Waals surface area contributed by atoms with Crippen LogP contribution in [0.3, 0.4) is 0 Å². The summed E-state index contributed by atoms with van der Waals surface area (Å²) in [7, 11) is 0. The zero-order valence-electron chi connectivity index (χ0n) is 11.5. The number of thiocarbonyl (C=S) groups is 1. The minimum atomic E-state index is 0.519. The maximum atomic E-state index is 5.71. The first kappa shape index (κ1) is 14.3. The molecule has 0 fully saturated rings. The first-order valence-electron chi connectivity index (χ1n) is 6.93. The quantitative estimate of drug-likeness (QED) is 0.812. The van der Waals surface area contributed by atoms with Gasteiger partial charge >= 0.3 is 0 Å². The fourth-order valence-electron chi connectivity index (χ4n) is 2.69. The van der Waals surface area contributed by atoms with E-state index in [-0.39, 0.29) is 0 Å². The zero-order chi connectivity index (χ0) is 13.7. The lowest BCUT2D eigenvalue weighted by Crippen LogP contribution is -2.37. The number of fused-ring (bicyclic) bond motifs is 1. The van der Waals surface area contributed by atoms with E-state index in [2.05, 4.69) is 30.0 Å². The molecule has 2 rings (SSSR count). The fourth-order valence-corrected chi connectivity index (χ4v) is 2.87. The second-order valence-electron chi connectivity index (χ2n) is 5.07. The molecular weight excluding hydrogens is 256 g/mol. The average Bonchev–Trinajstić information content (AvgIpc) is 2.39. The molecule has 0 radical (unpaired) electrons. The van der Waals surface area contributed by atoms with Gasteiger partial charge in [-0.3, -0.25) is 4.90 Å². The maximum Gasteiger partial charge on any atom is 0.122 e. The summed E-state index contributed by atoms with van der Waals surface area (Å²) in [5, 5.41) is 0.